The highest BCUT2D eigenvalue weighted by atomic mass is 15.2. The number of hydrogen-bond donors (Lipinski definition) is 1. The first-order valence-electron chi connectivity index (χ1n) is 6.54. The zero-order chi connectivity index (χ0) is 13.2. The van der Waals surface area contributed by atoms with Crippen LogP contribution in [0.4, 0.5) is 0 Å². The first-order chi connectivity index (χ1) is 8.54. The molecule has 0 amide bonds. The van der Waals surface area contributed by atoms with Crippen LogP contribution in [0.5, 0.6) is 0 Å². The molecule has 0 spiro atoms. The quantitative estimate of drug-likeness (QED) is 0.902. The van der Waals surface area contributed by atoms with Gasteiger partial charge in [-0.05, 0) is 18.4 Å². The van der Waals surface area contributed by atoms with Crippen molar-refractivity contribution in [3.8, 4) is 0 Å². The van der Waals surface area contributed by atoms with Crippen LogP contribution in [0.2, 0.25) is 0 Å². The largest absolute Gasteiger partial charge is 0.309 e. The third-order valence-electron chi connectivity index (χ3n) is 3.13. The van der Waals surface area contributed by atoms with E-state index in [1.165, 1.54) is 5.56 Å². The standard InChI is InChI=1S/C14H22N4/c1-5-6-16-13(14(2,3)4)11-9-17-18-8-7-15-10-12(11)18/h7-10,13,16H,5-6H2,1-4H3. The van der Waals surface area contributed by atoms with Gasteiger partial charge in [0.15, 0.2) is 0 Å². The molecule has 0 aliphatic carbocycles. The van der Waals surface area contributed by atoms with E-state index in [2.05, 4.69) is 43.1 Å². The van der Waals surface area contributed by atoms with Crippen LogP contribution in [-0.4, -0.2) is 21.1 Å². The zero-order valence-corrected chi connectivity index (χ0v) is 11.6. The lowest BCUT2D eigenvalue weighted by atomic mass is 9.83. The highest BCUT2D eigenvalue weighted by Gasteiger charge is 2.28. The Kier molecular flexibility index (Phi) is 3.66. The lowest BCUT2D eigenvalue weighted by Gasteiger charge is -2.31. The van der Waals surface area contributed by atoms with Gasteiger partial charge in [0.1, 0.15) is 0 Å². The highest BCUT2D eigenvalue weighted by molar-refractivity contribution is 5.53. The number of nitrogens with one attached hydrogen (secondary N) is 1. The van der Waals surface area contributed by atoms with E-state index in [-0.39, 0.29) is 5.41 Å². The van der Waals surface area contributed by atoms with Gasteiger partial charge in [-0.2, -0.15) is 5.10 Å². The number of aromatic nitrogens is 3. The van der Waals surface area contributed by atoms with Gasteiger partial charge in [0.05, 0.1) is 17.9 Å². The predicted molar refractivity (Wildman–Crippen MR) is 73.5 cm³/mol. The van der Waals surface area contributed by atoms with Crippen LogP contribution in [0.15, 0.2) is 24.8 Å². The molecule has 2 aromatic rings. The third-order valence-corrected chi connectivity index (χ3v) is 3.13. The highest BCUT2D eigenvalue weighted by Crippen LogP contribution is 2.34. The second kappa shape index (κ2) is 5.06. The summed E-state index contributed by atoms with van der Waals surface area (Å²) in [6, 6.07) is 0.291. The Hall–Kier alpha value is -1.42. The van der Waals surface area contributed by atoms with Crippen molar-refractivity contribution in [3.05, 3.63) is 30.4 Å². The fourth-order valence-electron chi connectivity index (χ4n) is 2.25. The van der Waals surface area contributed by atoms with Gasteiger partial charge in [-0.1, -0.05) is 27.7 Å². The maximum absolute atomic E-state index is 4.40. The molecule has 1 unspecified atom stereocenters. The normalized spacial score (nSPS) is 14.0. The van der Waals surface area contributed by atoms with Gasteiger partial charge in [-0.25, -0.2) is 4.52 Å². The molecule has 1 atom stereocenters. The molecule has 18 heavy (non-hydrogen) atoms. The SMILES string of the molecule is CCCNC(c1cnn2ccncc12)C(C)(C)C. The zero-order valence-electron chi connectivity index (χ0n) is 11.6. The van der Waals surface area contributed by atoms with Crippen molar-refractivity contribution in [2.24, 2.45) is 5.41 Å². The molecule has 2 rings (SSSR count). The molecule has 2 aromatic heterocycles. The van der Waals surface area contributed by atoms with Crippen molar-refractivity contribution in [2.45, 2.75) is 40.2 Å². The fourth-order valence-corrected chi connectivity index (χ4v) is 2.25. The monoisotopic (exact) mass is 246 g/mol. The molecule has 4 heteroatoms. The minimum Gasteiger partial charge on any atom is -0.309 e. The number of nitrogens with zero attached hydrogens (tertiary/aromatic N) is 3. The molecule has 0 saturated carbocycles. The topological polar surface area (TPSA) is 42.2 Å². The number of fused-ring (bicyclic) bond motifs is 1. The van der Waals surface area contributed by atoms with Gasteiger partial charge in [0.2, 0.25) is 0 Å². The van der Waals surface area contributed by atoms with Crippen molar-refractivity contribution in [1.29, 1.82) is 0 Å². The van der Waals surface area contributed by atoms with E-state index in [0.717, 1.165) is 18.5 Å². The number of hydrogen-bond acceptors (Lipinski definition) is 3. The van der Waals surface area contributed by atoms with E-state index in [1.54, 1.807) is 6.20 Å². The van der Waals surface area contributed by atoms with Gasteiger partial charge in [0.25, 0.3) is 0 Å². The Morgan fingerprint density at radius 1 is 1.33 bits per heavy atom. The summed E-state index contributed by atoms with van der Waals surface area (Å²) in [6.07, 6.45) is 8.61. The average Bonchev–Trinajstić information content (AvgIpc) is 2.72. The Labute approximate surface area is 108 Å². The van der Waals surface area contributed by atoms with E-state index in [9.17, 15) is 0 Å². The van der Waals surface area contributed by atoms with Crippen LogP contribution in [-0.2, 0) is 0 Å². The lowest BCUT2D eigenvalue weighted by molar-refractivity contribution is 0.275. The van der Waals surface area contributed by atoms with Crippen molar-refractivity contribution in [1.82, 2.24) is 19.9 Å². The Morgan fingerprint density at radius 3 is 2.78 bits per heavy atom. The van der Waals surface area contributed by atoms with E-state index in [0.29, 0.717) is 6.04 Å². The van der Waals surface area contributed by atoms with Crippen molar-refractivity contribution in [3.63, 3.8) is 0 Å². The molecule has 4 nitrogen and oxygen atoms in total. The smallest absolute Gasteiger partial charge is 0.0892 e. The van der Waals surface area contributed by atoms with E-state index in [4.69, 9.17) is 0 Å². The van der Waals surface area contributed by atoms with Gasteiger partial charge in [0, 0.05) is 24.0 Å². The van der Waals surface area contributed by atoms with Crippen LogP contribution in [0.25, 0.3) is 5.52 Å². The first kappa shape index (κ1) is 13.0. The molecule has 0 radical (unpaired) electrons. The third kappa shape index (κ3) is 2.53. The molecule has 1 N–H and O–H groups in total. The Balaban J connectivity index is 2.41. The summed E-state index contributed by atoms with van der Waals surface area (Å²) in [6.45, 7) is 9.95. The molecule has 0 bridgehead atoms. The summed E-state index contributed by atoms with van der Waals surface area (Å²) in [5.74, 6) is 0. The molecular formula is C14H22N4. The van der Waals surface area contributed by atoms with E-state index >= 15 is 0 Å². The fraction of sp³-hybridized carbons (Fsp3) is 0.571. The average molecular weight is 246 g/mol. The number of rotatable bonds is 4. The van der Waals surface area contributed by atoms with Gasteiger partial charge < -0.3 is 5.32 Å². The Morgan fingerprint density at radius 2 is 2.11 bits per heavy atom. The molecule has 98 valence electrons. The first-order valence-corrected chi connectivity index (χ1v) is 6.54. The molecule has 2 heterocycles. The molecule has 0 aromatic carbocycles. The van der Waals surface area contributed by atoms with Crippen LogP contribution in [0.3, 0.4) is 0 Å². The summed E-state index contributed by atoms with van der Waals surface area (Å²) < 4.78 is 1.88. The maximum Gasteiger partial charge on any atom is 0.0892 e. The van der Waals surface area contributed by atoms with Gasteiger partial charge in [-0.15, -0.1) is 0 Å². The predicted octanol–water partition coefficient (Wildman–Crippen LogP) is 2.82. The van der Waals surface area contributed by atoms with E-state index in [1.807, 2.05) is 23.1 Å². The van der Waals surface area contributed by atoms with Crippen LogP contribution in [0.1, 0.15) is 45.7 Å². The molecule has 0 aliphatic rings. The summed E-state index contributed by atoms with van der Waals surface area (Å²) in [7, 11) is 0. The Bertz CT molecular complexity index is 510. The second-order valence-electron chi connectivity index (χ2n) is 5.76. The summed E-state index contributed by atoms with van der Waals surface area (Å²) in [4.78, 5) is 4.20. The summed E-state index contributed by atoms with van der Waals surface area (Å²) in [5.41, 5.74) is 2.46. The van der Waals surface area contributed by atoms with Crippen LogP contribution in [0, 0.1) is 5.41 Å². The van der Waals surface area contributed by atoms with Crippen molar-refractivity contribution < 1.29 is 0 Å². The minimum absolute atomic E-state index is 0.147. The second-order valence-corrected chi connectivity index (χ2v) is 5.76. The van der Waals surface area contributed by atoms with Gasteiger partial charge >= 0.3 is 0 Å². The lowest BCUT2D eigenvalue weighted by Crippen LogP contribution is -2.32. The molecule has 0 fully saturated rings. The molecular weight excluding hydrogens is 224 g/mol. The molecule has 0 aliphatic heterocycles. The summed E-state index contributed by atoms with van der Waals surface area (Å²) in [5, 5.41) is 8.02. The van der Waals surface area contributed by atoms with Gasteiger partial charge in [-0.3, -0.25) is 4.98 Å². The van der Waals surface area contributed by atoms with Crippen molar-refractivity contribution >= 4 is 5.52 Å². The van der Waals surface area contributed by atoms with Crippen LogP contribution < -0.4 is 5.32 Å². The minimum atomic E-state index is 0.147. The van der Waals surface area contributed by atoms with Crippen molar-refractivity contribution in [2.75, 3.05) is 6.54 Å². The maximum atomic E-state index is 4.40. The molecule has 0 saturated heterocycles. The summed E-state index contributed by atoms with van der Waals surface area (Å²) >= 11 is 0. The van der Waals surface area contributed by atoms with E-state index < -0.39 is 0 Å². The van der Waals surface area contributed by atoms with Crippen LogP contribution >= 0.6 is 0 Å².